The fourth-order valence-corrected chi connectivity index (χ4v) is 1.66. The first-order valence-corrected chi connectivity index (χ1v) is 5.11. The molecule has 0 unspecified atom stereocenters. The van der Waals surface area contributed by atoms with Gasteiger partial charge in [0.05, 0.1) is 6.61 Å². The van der Waals surface area contributed by atoms with Crippen LogP contribution in [0.5, 0.6) is 0 Å². The van der Waals surface area contributed by atoms with E-state index in [1.54, 1.807) is 6.20 Å². The molecule has 1 aromatic heterocycles. The minimum absolute atomic E-state index is 0.639. The zero-order valence-corrected chi connectivity index (χ0v) is 8.52. The summed E-state index contributed by atoms with van der Waals surface area (Å²) < 4.78 is 0. The van der Waals surface area contributed by atoms with E-state index in [2.05, 4.69) is 17.0 Å². The molecule has 2 heterocycles. The molecular formula is C11H16N2O. The van der Waals surface area contributed by atoms with E-state index in [1.807, 2.05) is 18.3 Å². The maximum Gasteiger partial charge on any atom is 0.0950 e. The summed E-state index contributed by atoms with van der Waals surface area (Å²) in [4.78, 5) is 9.70. The second kappa shape index (κ2) is 4.53. The lowest BCUT2D eigenvalue weighted by Crippen LogP contribution is -2.20. The molecular weight excluding hydrogens is 176 g/mol. The average Bonchev–Trinajstić information content (AvgIpc) is 2.63. The highest BCUT2D eigenvalue weighted by molar-refractivity contribution is 5.06. The number of hydrogen-bond donors (Lipinski definition) is 0. The Morgan fingerprint density at radius 2 is 2.57 bits per heavy atom. The van der Waals surface area contributed by atoms with Gasteiger partial charge < -0.3 is 0 Å². The predicted octanol–water partition coefficient (Wildman–Crippen LogP) is 1.85. The molecule has 14 heavy (non-hydrogen) atoms. The molecule has 0 spiro atoms. The molecule has 1 saturated heterocycles. The molecule has 1 aliphatic rings. The fourth-order valence-electron chi connectivity index (χ4n) is 1.66. The molecule has 3 heteroatoms. The van der Waals surface area contributed by atoms with Crippen LogP contribution in [0.2, 0.25) is 0 Å². The molecule has 0 aliphatic carbocycles. The van der Waals surface area contributed by atoms with Crippen molar-refractivity contribution in [2.24, 2.45) is 5.92 Å². The van der Waals surface area contributed by atoms with E-state index in [0.29, 0.717) is 6.61 Å². The SMILES string of the molecule is C[C@@H]1CCN(OCc2cccnc2)C1. The summed E-state index contributed by atoms with van der Waals surface area (Å²) in [5.41, 5.74) is 1.13. The van der Waals surface area contributed by atoms with Crippen molar-refractivity contribution in [2.75, 3.05) is 13.1 Å². The van der Waals surface area contributed by atoms with Crippen LogP contribution in [0.3, 0.4) is 0 Å². The maximum atomic E-state index is 5.65. The van der Waals surface area contributed by atoms with Crippen LogP contribution in [-0.2, 0) is 11.4 Å². The topological polar surface area (TPSA) is 25.4 Å². The van der Waals surface area contributed by atoms with Gasteiger partial charge in [-0.3, -0.25) is 9.82 Å². The van der Waals surface area contributed by atoms with Gasteiger partial charge in [0, 0.05) is 25.5 Å². The van der Waals surface area contributed by atoms with Crippen molar-refractivity contribution < 1.29 is 4.84 Å². The molecule has 2 rings (SSSR count). The van der Waals surface area contributed by atoms with Crippen LogP contribution in [0.1, 0.15) is 18.9 Å². The standard InChI is InChI=1S/C11H16N2O/c1-10-4-6-13(8-10)14-9-11-3-2-5-12-7-11/h2-3,5,7,10H,4,6,8-9H2,1H3/t10-/m1/s1. The quantitative estimate of drug-likeness (QED) is 0.731. The Morgan fingerprint density at radius 3 is 3.21 bits per heavy atom. The lowest BCUT2D eigenvalue weighted by molar-refractivity contribution is -0.155. The van der Waals surface area contributed by atoms with Gasteiger partial charge in [-0.2, -0.15) is 5.06 Å². The maximum absolute atomic E-state index is 5.65. The van der Waals surface area contributed by atoms with E-state index in [9.17, 15) is 0 Å². The summed E-state index contributed by atoms with van der Waals surface area (Å²) in [5, 5.41) is 2.05. The first-order valence-electron chi connectivity index (χ1n) is 5.11. The molecule has 0 aromatic carbocycles. The van der Waals surface area contributed by atoms with Gasteiger partial charge in [-0.25, -0.2) is 0 Å². The van der Waals surface area contributed by atoms with Gasteiger partial charge >= 0.3 is 0 Å². The third-order valence-electron chi connectivity index (χ3n) is 2.52. The smallest absolute Gasteiger partial charge is 0.0950 e. The van der Waals surface area contributed by atoms with Gasteiger partial charge in [0.2, 0.25) is 0 Å². The van der Waals surface area contributed by atoms with E-state index >= 15 is 0 Å². The third-order valence-corrected chi connectivity index (χ3v) is 2.52. The summed E-state index contributed by atoms with van der Waals surface area (Å²) in [7, 11) is 0. The highest BCUT2D eigenvalue weighted by Gasteiger charge is 2.18. The Labute approximate surface area is 84.7 Å². The third kappa shape index (κ3) is 2.53. The monoisotopic (exact) mass is 192 g/mol. The Morgan fingerprint density at radius 1 is 1.64 bits per heavy atom. The molecule has 0 amide bonds. The first-order chi connectivity index (χ1) is 6.84. The lowest BCUT2D eigenvalue weighted by atomic mass is 10.2. The van der Waals surface area contributed by atoms with E-state index < -0.39 is 0 Å². The van der Waals surface area contributed by atoms with Crippen molar-refractivity contribution >= 4 is 0 Å². The Balaban J connectivity index is 1.78. The Kier molecular flexibility index (Phi) is 3.11. The van der Waals surface area contributed by atoms with Crippen LogP contribution < -0.4 is 0 Å². The second-order valence-corrected chi connectivity index (χ2v) is 3.92. The summed E-state index contributed by atoms with van der Waals surface area (Å²) >= 11 is 0. The van der Waals surface area contributed by atoms with Crippen molar-refractivity contribution in [3.8, 4) is 0 Å². The van der Waals surface area contributed by atoms with Crippen molar-refractivity contribution in [3.05, 3.63) is 30.1 Å². The zero-order chi connectivity index (χ0) is 9.80. The fraction of sp³-hybridized carbons (Fsp3) is 0.545. The Hall–Kier alpha value is -0.930. The van der Waals surface area contributed by atoms with E-state index in [1.165, 1.54) is 6.42 Å². The lowest BCUT2D eigenvalue weighted by Gasteiger charge is -2.14. The van der Waals surface area contributed by atoms with Gasteiger partial charge in [0.25, 0.3) is 0 Å². The highest BCUT2D eigenvalue weighted by Crippen LogP contribution is 2.15. The van der Waals surface area contributed by atoms with Crippen LogP contribution in [0, 0.1) is 5.92 Å². The van der Waals surface area contributed by atoms with Crippen molar-refractivity contribution in [3.63, 3.8) is 0 Å². The molecule has 0 radical (unpaired) electrons. The predicted molar refractivity (Wildman–Crippen MR) is 54.4 cm³/mol. The molecule has 3 nitrogen and oxygen atoms in total. The van der Waals surface area contributed by atoms with Crippen LogP contribution in [0.15, 0.2) is 24.5 Å². The number of hydrogen-bond acceptors (Lipinski definition) is 3. The normalized spacial score (nSPS) is 22.8. The molecule has 1 aromatic rings. The summed E-state index contributed by atoms with van der Waals surface area (Å²) in [5.74, 6) is 0.767. The van der Waals surface area contributed by atoms with Gasteiger partial charge in [-0.05, 0) is 24.0 Å². The average molecular weight is 192 g/mol. The number of pyridine rings is 1. The Bertz CT molecular complexity index is 276. The van der Waals surface area contributed by atoms with Crippen molar-refractivity contribution in [1.29, 1.82) is 0 Å². The number of aromatic nitrogens is 1. The van der Waals surface area contributed by atoms with Crippen LogP contribution in [-0.4, -0.2) is 23.1 Å². The van der Waals surface area contributed by atoms with Crippen LogP contribution in [0.4, 0.5) is 0 Å². The van der Waals surface area contributed by atoms with Crippen molar-refractivity contribution in [1.82, 2.24) is 10.0 Å². The summed E-state index contributed by atoms with van der Waals surface area (Å²) in [6.07, 6.45) is 4.87. The molecule has 1 aliphatic heterocycles. The minimum Gasteiger partial charge on any atom is -0.294 e. The second-order valence-electron chi connectivity index (χ2n) is 3.92. The molecule has 0 bridgehead atoms. The molecule has 0 N–H and O–H groups in total. The molecule has 76 valence electrons. The van der Waals surface area contributed by atoms with E-state index in [-0.39, 0.29) is 0 Å². The molecule has 0 saturated carbocycles. The van der Waals surface area contributed by atoms with Gasteiger partial charge in [-0.15, -0.1) is 0 Å². The van der Waals surface area contributed by atoms with E-state index in [4.69, 9.17) is 4.84 Å². The zero-order valence-electron chi connectivity index (χ0n) is 8.52. The summed E-state index contributed by atoms with van der Waals surface area (Å²) in [6, 6.07) is 3.97. The van der Waals surface area contributed by atoms with E-state index in [0.717, 1.165) is 24.6 Å². The molecule has 1 atom stereocenters. The first kappa shape index (κ1) is 9.62. The number of nitrogens with zero attached hydrogens (tertiary/aromatic N) is 2. The van der Waals surface area contributed by atoms with Gasteiger partial charge in [-0.1, -0.05) is 13.0 Å². The van der Waals surface area contributed by atoms with Gasteiger partial charge in [0.15, 0.2) is 0 Å². The minimum atomic E-state index is 0.639. The largest absolute Gasteiger partial charge is 0.294 e. The summed E-state index contributed by atoms with van der Waals surface area (Å²) in [6.45, 7) is 5.01. The van der Waals surface area contributed by atoms with Crippen LogP contribution in [0.25, 0.3) is 0 Å². The van der Waals surface area contributed by atoms with Crippen LogP contribution >= 0.6 is 0 Å². The highest BCUT2D eigenvalue weighted by atomic mass is 16.7. The molecule has 1 fully saturated rings. The number of rotatable bonds is 3. The van der Waals surface area contributed by atoms with Crippen molar-refractivity contribution in [2.45, 2.75) is 20.0 Å². The number of hydroxylamine groups is 2. The van der Waals surface area contributed by atoms with Gasteiger partial charge in [0.1, 0.15) is 0 Å².